The summed E-state index contributed by atoms with van der Waals surface area (Å²) in [4.78, 5) is 41.9. The predicted molar refractivity (Wildman–Crippen MR) is 171 cm³/mol. The number of nitrogens with one attached hydrogen (secondary N) is 2. The Bertz CT molecular complexity index is 1580. The maximum atomic E-state index is 14.0. The van der Waals surface area contributed by atoms with E-state index in [0.717, 1.165) is 58.6 Å². The van der Waals surface area contributed by atoms with Gasteiger partial charge in [-0.2, -0.15) is 0 Å². The van der Waals surface area contributed by atoms with Gasteiger partial charge in [-0.3, -0.25) is 9.59 Å². The average molecular weight is 599 g/mol. The van der Waals surface area contributed by atoms with Crippen molar-refractivity contribution in [2.75, 3.05) is 17.2 Å². The molecule has 1 aliphatic carbocycles. The summed E-state index contributed by atoms with van der Waals surface area (Å²) < 4.78 is 5.42. The van der Waals surface area contributed by atoms with Crippen LogP contribution in [-0.4, -0.2) is 24.4 Å². The Labute approximate surface area is 254 Å². The van der Waals surface area contributed by atoms with Gasteiger partial charge in [0.15, 0.2) is 0 Å². The molecule has 0 saturated carbocycles. The molecule has 3 aromatic carbocycles. The summed E-state index contributed by atoms with van der Waals surface area (Å²) in [5.41, 5.74) is 4.52. The molecule has 2 amide bonds. The SMILES string of the molecule is CCOC(=O)c1c(NC(=O)C(Sc2cccc(NC(=O)c3ccccc3C)c2)c2ccccc2)sc2c1CCCCC2. The molecular formula is C34H34N2O4S2. The molecule has 0 aliphatic heterocycles. The summed E-state index contributed by atoms with van der Waals surface area (Å²) in [6, 6.07) is 24.5. The number of carbonyl (C=O) groups is 3. The Balaban J connectivity index is 1.41. The Morgan fingerprint density at radius 3 is 2.45 bits per heavy atom. The number of rotatable bonds is 9. The van der Waals surface area contributed by atoms with Gasteiger partial charge >= 0.3 is 5.97 Å². The van der Waals surface area contributed by atoms with Crippen LogP contribution in [0.25, 0.3) is 0 Å². The van der Waals surface area contributed by atoms with Crippen LogP contribution in [-0.2, 0) is 22.4 Å². The van der Waals surface area contributed by atoms with E-state index in [-0.39, 0.29) is 24.4 Å². The van der Waals surface area contributed by atoms with E-state index in [4.69, 9.17) is 4.74 Å². The molecule has 6 nitrogen and oxygen atoms in total. The van der Waals surface area contributed by atoms with Crippen LogP contribution in [0.5, 0.6) is 0 Å². The molecule has 5 rings (SSSR count). The number of fused-ring (bicyclic) bond motifs is 1. The fourth-order valence-electron chi connectivity index (χ4n) is 5.14. The molecule has 1 aromatic heterocycles. The number of thioether (sulfide) groups is 1. The molecular weight excluding hydrogens is 565 g/mol. The van der Waals surface area contributed by atoms with Gasteiger partial charge in [-0.05, 0) is 80.5 Å². The van der Waals surface area contributed by atoms with Crippen molar-refractivity contribution in [3.8, 4) is 0 Å². The minimum Gasteiger partial charge on any atom is -0.462 e. The molecule has 0 fully saturated rings. The van der Waals surface area contributed by atoms with E-state index in [2.05, 4.69) is 10.6 Å². The third-order valence-corrected chi connectivity index (χ3v) is 9.67. The van der Waals surface area contributed by atoms with E-state index in [1.165, 1.54) is 23.1 Å². The average Bonchev–Trinajstić information content (AvgIpc) is 3.16. The van der Waals surface area contributed by atoms with Crippen LogP contribution in [0, 0.1) is 6.92 Å². The molecule has 0 bridgehead atoms. The number of thiophene rings is 1. The van der Waals surface area contributed by atoms with E-state index in [0.29, 0.717) is 21.8 Å². The third kappa shape index (κ3) is 6.94. The molecule has 1 atom stereocenters. The van der Waals surface area contributed by atoms with Gasteiger partial charge in [0.2, 0.25) is 5.91 Å². The topological polar surface area (TPSA) is 84.5 Å². The Morgan fingerprint density at radius 2 is 1.67 bits per heavy atom. The lowest BCUT2D eigenvalue weighted by Gasteiger charge is -2.18. The summed E-state index contributed by atoms with van der Waals surface area (Å²) >= 11 is 2.89. The number of anilines is 2. The van der Waals surface area contributed by atoms with Crippen LogP contribution >= 0.6 is 23.1 Å². The zero-order valence-electron chi connectivity index (χ0n) is 23.8. The minimum absolute atomic E-state index is 0.184. The monoisotopic (exact) mass is 598 g/mol. The second-order valence-corrected chi connectivity index (χ2v) is 12.5. The lowest BCUT2D eigenvalue weighted by molar-refractivity contribution is -0.115. The van der Waals surface area contributed by atoms with Crippen molar-refractivity contribution in [2.45, 2.75) is 56.1 Å². The lowest BCUT2D eigenvalue weighted by Crippen LogP contribution is -2.20. The Kier molecular flexibility index (Phi) is 9.77. The number of amides is 2. The zero-order chi connectivity index (χ0) is 29.5. The smallest absolute Gasteiger partial charge is 0.341 e. The standard InChI is InChI=1S/C34H34N2O4S2/c1-3-40-34(39)29-27-19-8-5-9-20-28(27)42-33(29)36-32(38)30(23-14-6-4-7-15-23)41-25-17-12-16-24(21-25)35-31(37)26-18-11-10-13-22(26)2/h4,6-7,10-18,21,30H,3,5,8-9,19-20H2,1-2H3,(H,35,37)(H,36,38). The molecule has 42 heavy (non-hydrogen) atoms. The quantitative estimate of drug-likeness (QED) is 0.115. The van der Waals surface area contributed by atoms with Crippen molar-refractivity contribution in [1.82, 2.24) is 0 Å². The Hall–Kier alpha value is -3.88. The summed E-state index contributed by atoms with van der Waals surface area (Å²) in [5, 5.41) is 6.06. The normalized spacial score (nSPS) is 13.4. The second kappa shape index (κ2) is 13.9. The maximum absolute atomic E-state index is 14.0. The number of carbonyl (C=O) groups excluding carboxylic acids is 3. The third-order valence-electron chi connectivity index (χ3n) is 7.21. The summed E-state index contributed by atoms with van der Waals surface area (Å²) in [5.74, 6) is -0.785. The number of esters is 1. The number of aryl methyl sites for hydroxylation is 2. The highest BCUT2D eigenvalue weighted by Crippen LogP contribution is 2.41. The maximum Gasteiger partial charge on any atom is 0.341 e. The van der Waals surface area contributed by atoms with Gasteiger partial charge in [-0.25, -0.2) is 4.79 Å². The first-order valence-electron chi connectivity index (χ1n) is 14.3. The van der Waals surface area contributed by atoms with E-state index in [1.54, 1.807) is 13.0 Å². The number of benzene rings is 3. The van der Waals surface area contributed by atoms with Gasteiger partial charge in [0.25, 0.3) is 5.91 Å². The van der Waals surface area contributed by atoms with Gasteiger partial charge in [-0.15, -0.1) is 23.1 Å². The van der Waals surface area contributed by atoms with Crippen molar-refractivity contribution in [1.29, 1.82) is 0 Å². The minimum atomic E-state index is -0.592. The van der Waals surface area contributed by atoms with Gasteiger partial charge in [0, 0.05) is 21.0 Å². The summed E-state index contributed by atoms with van der Waals surface area (Å²) in [6.07, 6.45) is 4.93. The number of hydrogen-bond acceptors (Lipinski definition) is 6. The van der Waals surface area contributed by atoms with Crippen LogP contribution in [0.2, 0.25) is 0 Å². The largest absolute Gasteiger partial charge is 0.462 e. The summed E-state index contributed by atoms with van der Waals surface area (Å²) in [6.45, 7) is 3.97. The molecule has 4 aromatic rings. The fraction of sp³-hybridized carbons (Fsp3) is 0.265. The highest BCUT2D eigenvalue weighted by Gasteiger charge is 2.29. The van der Waals surface area contributed by atoms with Gasteiger partial charge < -0.3 is 15.4 Å². The van der Waals surface area contributed by atoms with E-state index >= 15 is 0 Å². The van der Waals surface area contributed by atoms with Crippen molar-refractivity contribution in [2.24, 2.45) is 0 Å². The number of hydrogen-bond donors (Lipinski definition) is 2. The van der Waals surface area contributed by atoms with E-state index in [1.807, 2.05) is 79.7 Å². The van der Waals surface area contributed by atoms with Crippen LogP contribution in [0.15, 0.2) is 83.8 Å². The van der Waals surface area contributed by atoms with E-state index in [9.17, 15) is 14.4 Å². The second-order valence-electron chi connectivity index (χ2n) is 10.2. The molecule has 1 aliphatic rings. The molecule has 8 heteroatoms. The highest BCUT2D eigenvalue weighted by molar-refractivity contribution is 8.00. The first-order valence-corrected chi connectivity index (χ1v) is 16.0. The fourth-order valence-corrected chi connectivity index (χ4v) is 7.50. The molecule has 2 N–H and O–H groups in total. The molecule has 0 radical (unpaired) electrons. The van der Waals surface area contributed by atoms with Crippen LogP contribution in [0.4, 0.5) is 10.7 Å². The predicted octanol–water partition coefficient (Wildman–Crippen LogP) is 8.23. The van der Waals surface area contributed by atoms with Crippen molar-refractivity contribution >= 4 is 51.6 Å². The molecule has 216 valence electrons. The van der Waals surface area contributed by atoms with Crippen molar-refractivity contribution in [3.05, 3.63) is 112 Å². The molecule has 0 saturated heterocycles. The van der Waals surface area contributed by atoms with Crippen molar-refractivity contribution < 1.29 is 19.1 Å². The summed E-state index contributed by atoms with van der Waals surface area (Å²) in [7, 11) is 0. The highest BCUT2D eigenvalue weighted by atomic mass is 32.2. The van der Waals surface area contributed by atoms with Crippen LogP contribution < -0.4 is 10.6 Å². The first-order chi connectivity index (χ1) is 20.4. The molecule has 0 spiro atoms. The van der Waals surface area contributed by atoms with Gasteiger partial charge in [0.1, 0.15) is 10.3 Å². The first kappa shape index (κ1) is 29.6. The molecule has 1 heterocycles. The number of ether oxygens (including phenoxy) is 1. The van der Waals surface area contributed by atoms with Crippen LogP contribution in [0.1, 0.15) is 73.7 Å². The van der Waals surface area contributed by atoms with Gasteiger partial charge in [0.05, 0.1) is 12.2 Å². The molecule has 1 unspecified atom stereocenters. The van der Waals surface area contributed by atoms with Crippen molar-refractivity contribution in [3.63, 3.8) is 0 Å². The van der Waals surface area contributed by atoms with Gasteiger partial charge in [-0.1, -0.05) is 61.0 Å². The zero-order valence-corrected chi connectivity index (χ0v) is 25.4. The van der Waals surface area contributed by atoms with E-state index < -0.39 is 5.25 Å². The Morgan fingerprint density at radius 1 is 0.905 bits per heavy atom. The lowest BCUT2D eigenvalue weighted by atomic mass is 10.1. The van der Waals surface area contributed by atoms with Crippen LogP contribution in [0.3, 0.4) is 0 Å².